The number of nitrogens with zero attached hydrogens (tertiary/aromatic N) is 2. The quantitative estimate of drug-likeness (QED) is 0.383. The van der Waals surface area contributed by atoms with E-state index in [0.29, 0.717) is 35.0 Å². The summed E-state index contributed by atoms with van der Waals surface area (Å²) in [6, 6.07) is 21.4. The van der Waals surface area contributed by atoms with Crippen molar-refractivity contribution in [2.75, 3.05) is 19.0 Å². The molecule has 0 unspecified atom stereocenters. The van der Waals surface area contributed by atoms with Crippen molar-refractivity contribution in [3.8, 4) is 22.9 Å². The second-order valence-electron chi connectivity index (χ2n) is 7.78. The van der Waals surface area contributed by atoms with Gasteiger partial charge in [-0.3, -0.25) is 9.59 Å². The Bertz CT molecular complexity index is 1400. The number of aromatic nitrogens is 2. The normalized spacial score (nSPS) is 10.5. The minimum atomic E-state index is -0.413. The molecule has 0 saturated carbocycles. The summed E-state index contributed by atoms with van der Waals surface area (Å²) in [5.41, 5.74) is 2.40. The van der Waals surface area contributed by atoms with Gasteiger partial charge in [-0.25, -0.2) is 0 Å². The standard InChI is InChI=1S/C27H26N4O4/c1-4-28-26(32)19-8-6-9-20(16-19)30-25-24(35-23-10-5-7-18(2)15-23)17-29-31(27(25)33)21-11-13-22(34-3)14-12-21/h5-17,30H,4H2,1-3H3,(H,28,32). The molecular weight excluding hydrogens is 444 g/mol. The monoisotopic (exact) mass is 470 g/mol. The molecule has 8 heteroatoms. The SMILES string of the molecule is CCNC(=O)c1cccc(Nc2c(Oc3cccc(C)c3)cnn(-c3ccc(OC)cc3)c2=O)c1. The predicted molar refractivity (Wildman–Crippen MR) is 135 cm³/mol. The van der Waals surface area contributed by atoms with Crippen LogP contribution in [-0.4, -0.2) is 29.3 Å². The minimum absolute atomic E-state index is 0.186. The van der Waals surface area contributed by atoms with E-state index in [9.17, 15) is 9.59 Å². The van der Waals surface area contributed by atoms with Crippen LogP contribution < -0.4 is 25.7 Å². The van der Waals surface area contributed by atoms with Crippen molar-refractivity contribution in [1.82, 2.24) is 15.1 Å². The Morgan fingerprint density at radius 2 is 1.77 bits per heavy atom. The largest absolute Gasteiger partial charge is 0.497 e. The lowest BCUT2D eigenvalue weighted by molar-refractivity contribution is 0.0956. The molecule has 4 aromatic rings. The molecule has 8 nitrogen and oxygen atoms in total. The zero-order valence-corrected chi connectivity index (χ0v) is 19.7. The summed E-state index contributed by atoms with van der Waals surface area (Å²) in [4.78, 5) is 25.9. The van der Waals surface area contributed by atoms with E-state index in [2.05, 4.69) is 15.7 Å². The number of nitrogens with one attached hydrogen (secondary N) is 2. The van der Waals surface area contributed by atoms with Crippen molar-refractivity contribution >= 4 is 17.3 Å². The smallest absolute Gasteiger partial charge is 0.299 e. The van der Waals surface area contributed by atoms with Crippen LogP contribution in [0.2, 0.25) is 0 Å². The van der Waals surface area contributed by atoms with Gasteiger partial charge < -0.3 is 20.1 Å². The molecule has 1 aromatic heterocycles. The number of anilines is 2. The topological polar surface area (TPSA) is 94.5 Å². The molecule has 0 bridgehead atoms. The molecule has 0 radical (unpaired) electrons. The molecule has 0 spiro atoms. The van der Waals surface area contributed by atoms with E-state index in [-0.39, 0.29) is 17.3 Å². The van der Waals surface area contributed by atoms with Crippen molar-refractivity contribution in [3.63, 3.8) is 0 Å². The maximum Gasteiger partial charge on any atom is 0.299 e. The van der Waals surface area contributed by atoms with Gasteiger partial charge in [-0.1, -0.05) is 18.2 Å². The van der Waals surface area contributed by atoms with Gasteiger partial charge in [-0.15, -0.1) is 0 Å². The van der Waals surface area contributed by atoms with Gasteiger partial charge >= 0.3 is 0 Å². The molecule has 4 rings (SSSR count). The van der Waals surface area contributed by atoms with Gasteiger partial charge in [0.2, 0.25) is 0 Å². The number of benzene rings is 3. The lowest BCUT2D eigenvalue weighted by Crippen LogP contribution is -2.24. The maximum atomic E-state index is 13.6. The third-order valence-electron chi connectivity index (χ3n) is 5.21. The lowest BCUT2D eigenvalue weighted by Gasteiger charge is -2.15. The van der Waals surface area contributed by atoms with Crippen LogP contribution in [-0.2, 0) is 0 Å². The highest BCUT2D eigenvalue weighted by atomic mass is 16.5. The zero-order chi connectivity index (χ0) is 24.8. The van der Waals surface area contributed by atoms with Gasteiger partial charge in [-0.2, -0.15) is 9.78 Å². The Morgan fingerprint density at radius 3 is 2.49 bits per heavy atom. The summed E-state index contributed by atoms with van der Waals surface area (Å²) in [6.45, 7) is 4.33. The second kappa shape index (κ2) is 10.6. The maximum absolute atomic E-state index is 13.6. The average molecular weight is 471 g/mol. The number of amides is 1. The summed E-state index contributed by atoms with van der Waals surface area (Å²) >= 11 is 0. The molecule has 3 aromatic carbocycles. The van der Waals surface area contributed by atoms with Crippen molar-refractivity contribution in [1.29, 1.82) is 0 Å². The van der Waals surface area contributed by atoms with E-state index >= 15 is 0 Å². The first-order valence-electron chi connectivity index (χ1n) is 11.1. The van der Waals surface area contributed by atoms with Gasteiger partial charge in [0, 0.05) is 17.8 Å². The number of carbonyl (C=O) groups is 1. The summed E-state index contributed by atoms with van der Waals surface area (Å²) < 4.78 is 12.5. The highest BCUT2D eigenvalue weighted by molar-refractivity contribution is 5.95. The van der Waals surface area contributed by atoms with Crippen molar-refractivity contribution in [3.05, 3.63) is 100 Å². The van der Waals surface area contributed by atoms with Gasteiger partial charge in [0.1, 0.15) is 11.5 Å². The van der Waals surface area contributed by atoms with Crippen LogP contribution >= 0.6 is 0 Å². The Labute approximate surface area is 203 Å². The molecule has 1 heterocycles. The Hall–Kier alpha value is -4.59. The lowest BCUT2D eigenvalue weighted by atomic mass is 10.2. The first-order chi connectivity index (χ1) is 17.0. The molecule has 35 heavy (non-hydrogen) atoms. The fourth-order valence-corrected chi connectivity index (χ4v) is 3.49. The van der Waals surface area contributed by atoms with Crippen molar-refractivity contribution in [2.45, 2.75) is 13.8 Å². The highest BCUT2D eigenvalue weighted by Crippen LogP contribution is 2.29. The van der Waals surface area contributed by atoms with Gasteiger partial charge in [0.05, 0.1) is 19.0 Å². The number of aryl methyl sites for hydroxylation is 1. The zero-order valence-electron chi connectivity index (χ0n) is 19.7. The van der Waals surface area contributed by atoms with E-state index < -0.39 is 5.56 Å². The Kier molecular flexibility index (Phi) is 7.11. The first-order valence-corrected chi connectivity index (χ1v) is 11.1. The summed E-state index contributed by atoms with van der Waals surface area (Å²) in [7, 11) is 1.58. The van der Waals surface area contributed by atoms with Crippen LogP contribution in [0.5, 0.6) is 17.2 Å². The van der Waals surface area contributed by atoms with Gasteiger partial charge in [0.15, 0.2) is 11.4 Å². The molecule has 0 aliphatic rings. The summed E-state index contributed by atoms with van der Waals surface area (Å²) in [6.07, 6.45) is 1.49. The number of rotatable bonds is 8. The number of hydrogen-bond acceptors (Lipinski definition) is 6. The van der Waals surface area contributed by atoms with Crippen LogP contribution in [0, 0.1) is 6.92 Å². The van der Waals surface area contributed by atoms with Gasteiger partial charge in [0.25, 0.3) is 11.5 Å². The van der Waals surface area contributed by atoms with Crippen LogP contribution in [0.4, 0.5) is 11.4 Å². The average Bonchev–Trinajstić information content (AvgIpc) is 2.87. The van der Waals surface area contributed by atoms with Crippen LogP contribution in [0.15, 0.2) is 83.8 Å². The Balaban J connectivity index is 1.77. The number of hydrogen-bond donors (Lipinski definition) is 2. The van der Waals surface area contributed by atoms with E-state index in [1.807, 2.05) is 38.1 Å². The van der Waals surface area contributed by atoms with Crippen molar-refractivity contribution in [2.24, 2.45) is 0 Å². The van der Waals surface area contributed by atoms with E-state index in [1.54, 1.807) is 55.6 Å². The van der Waals surface area contributed by atoms with E-state index in [0.717, 1.165) is 5.56 Å². The minimum Gasteiger partial charge on any atom is -0.497 e. The molecule has 0 atom stereocenters. The van der Waals surface area contributed by atoms with Crippen LogP contribution in [0.3, 0.4) is 0 Å². The molecule has 0 saturated heterocycles. The van der Waals surface area contributed by atoms with E-state index in [4.69, 9.17) is 9.47 Å². The number of methoxy groups -OCH3 is 1. The molecule has 178 valence electrons. The molecule has 0 fully saturated rings. The number of ether oxygens (including phenoxy) is 2. The van der Waals surface area contributed by atoms with Gasteiger partial charge in [-0.05, 0) is 74.0 Å². The second-order valence-corrected chi connectivity index (χ2v) is 7.78. The summed E-state index contributed by atoms with van der Waals surface area (Å²) in [5, 5.41) is 10.2. The molecule has 1 amide bonds. The molecule has 0 aliphatic carbocycles. The summed E-state index contributed by atoms with van der Waals surface area (Å²) in [5.74, 6) is 1.31. The third kappa shape index (κ3) is 5.50. The Morgan fingerprint density at radius 1 is 1.00 bits per heavy atom. The fourth-order valence-electron chi connectivity index (χ4n) is 3.49. The number of carbonyl (C=O) groups excluding carboxylic acids is 1. The van der Waals surface area contributed by atoms with Crippen molar-refractivity contribution < 1.29 is 14.3 Å². The first kappa shape index (κ1) is 23.6. The molecular formula is C27H26N4O4. The molecule has 0 aliphatic heterocycles. The molecule has 2 N–H and O–H groups in total. The fraction of sp³-hybridized carbons (Fsp3) is 0.148. The van der Waals surface area contributed by atoms with Crippen LogP contribution in [0.25, 0.3) is 5.69 Å². The van der Waals surface area contributed by atoms with E-state index in [1.165, 1.54) is 10.9 Å². The predicted octanol–water partition coefficient (Wildman–Crippen LogP) is 4.84. The third-order valence-corrected chi connectivity index (χ3v) is 5.21. The van der Waals surface area contributed by atoms with Crippen LogP contribution in [0.1, 0.15) is 22.8 Å². The highest BCUT2D eigenvalue weighted by Gasteiger charge is 2.16.